The number of benzene rings is 4. The third-order valence-electron chi connectivity index (χ3n) is 16.5. The molecule has 1 aliphatic heterocycles. The number of anilines is 3. The monoisotopic (exact) mass is 1340 g/mol. The number of aromatic nitrogens is 4. The molecule has 2 aliphatic carbocycles. The van der Waals surface area contributed by atoms with Crippen molar-refractivity contribution in [3.8, 4) is 5.75 Å². The molecule has 1 atom stereocenters. The number of aromatic amines is 1. The van der Waals surface area contributed by atoms with Gasteiger partial charge in [-0.1, -0.05) is 64.1 Å². The summed E-state index contributed by atoms with van der Waals surface area (Å²) in [5, 5.41) is 16.0. The first-order chi connectivity index (χ1) is 43.2. The van der Waals surface area contributed by atoms with Crippen molar-refractivity contribution in [2.45, 2.75) is 125 Å². The molecule has 25 nitrogen and oxygen atoms in total. The minimum atomic E-state index is -4.61. The summed E-state index contributed by atoms with van der Waals surface area (Å²) in [4.78, 5) is 54.4. The van der Waals surface area contributed by atoms with Gasteiger partial charge in [0.15, 0.2) is 11.2 Å². The van der Waals surface area contributed by atoms with Crippen molar-refractivity contribution in [2.75, 3.05) is 34.0 Å². The zero-order chi connectivity index (χ0) is 66.7. The number of amides is 1. The Hall–Kier alpha value is -8.42. The van der Waals surface area contributed by atoms with Crippen molar-refractivity contribution in [2.24, 2.45) is 0 Å². The van der Waals surface area contributed by atoms with Crippen molar-refractivity contribution in [1.82, 2.24) is 25.3 Å². The average molecular weight is 1340 g/mol. The number of carbonyl (C=O) groups excluding carboxylic acids is 1. The Morgan fingerprint density at radius 1 is 0.761 bits per heavy atom. The van der Waals surface area contributed by atoms with Crippen LogP contribution in [0.3, 0.4) is 0 Å². The number of nitrogens with one attached hydrogen (secondary N) is 3. The largest absolute Gasteiger partial charge is 0.480 e. The van der Waals surface area contributed by atoms with Crippen LogP contribution in [0.4, 0.5) is 17.3 Å². The normalized spacial score (nSPS) is 17.0. The molecule has 4 aromatic carbocycles. The van der Waals surface area contributed by atoms with Gasteiger partial charge < -0.3 is 31.1 Å². The summed E-state index contributed by atoms with van der Waals surface area (Å²) in [5.74, 6) is -2.02. The van der Waals surface area contributed by atoms with Gasteiger partial charge in [0.05, 0.1) is 39.7 Å². The third-order valence-corrected chi connectivity index (χ3v) is 19.8. The van der Waals surface area contributed by atoms with Gasteiger partial charge in [-0.05, 0) is 182 Å². The number of nitrogens with zero attached hydrogens (tertiary/aromatic N) is 4. The topological polar surface area (TPSA) is 406 Å². The Balaban J connectivity index is 1.00. The summed E-state index contributed by atoms with van der Waals surface area (Å²) in [6.45, 7) is 8.03. The average Bonchev–Trinajstić information content (AvgIpc) is 1.59. The number of nitrogen functional groups attached to an aromatic ring is 1. The molecule has 9 rings (SSSR count). The van der Waals surface area contributed by atoms with E-state index < -0.39 is 86.3 Å². The molecule has 0 bridgehead atoms. The van der Waals surface area contributed by atoms with Gasteiger partial charge in [0.25, 0.3) is 51.9 Å². The quantitative estimate of drug-likeness (QED) is 0.0181. The number of aliphatic carboxylic acids is 1. The number of allylic oxidation sites excluding steroid dienone is 9. The van der Waals surface area contributed by atoms with Gasteiger partial charge in [-0.2, -0.15) is 38.7 Å². The van der Waals surface area contributed by atoms with Crippen molar-refractivity contribution >= 4 is 86.4 Å². The third kappa shape index (κ3) is 16.2. The summed E-state index contributed by atoms with van der Waals surface area (Å²) < 4.78 is 143. The smallest absolute Gasteiger partial charge is 0.326 e. The molecule has 488 valence electrons. The summed E-state index contributed by atoms with van der Waals surface area (Å²) in [5.41, 5.74) is 11.7. The van der Waals surface area contributed by atoms with E-state index in [0.29, 0.717) is 89.5 Å². The van der Waals surface area contributed by atoms with Gasteiger partial charge in [0.1, 0.15) is 17.6 Å². The molecular formula is C63H70N8O17S4. The molecule has 0 unspecified atom stereocenters. The second-order valence-electron chi connectivity index (χ2n) is 23.7. The lowest BCUT2D eigenvalue weighted by atomic mass is 9.80. The van der Waals surface area contributed by atoms with Gasteiger partial charge in [0, 0.05) is 40.0 Å². The number of carboxylic acids is 1. The predicted molar refractivity (Wildman–Crippen MR) is 345 cm³/mol. The number of carboxylic acid groups (broad SMARTS) is 1. The van der Waals surface area contributed by atoms with Crippen molar-refractivity contribution < 1.29 is 71.3 Å². The first-order valence-electron chi connectivity index (χ1n) is 29.3. The zero-order valence-electron chi connectivity index (χ0n) is 50.6. The van der Waals surface area contributed by atoms with E-state index in [-0.39, 0.29) is 71.2 Å². The van der Waals surface area contributed by atoms with Crippen LogP contribution in [0, 0.1) is 0 Å². The Kier molecular flexibility index (Phi) is 20.0. The van der Waals surface area contributed by atoms with Crippen LogP contribution in [-0.2, 0) is 69.1 Å². The minimum absolute atomic E-state index is 0.0188. The molecule has 10 N–H and O–H groups in total. The van der Waals surface area contributed by atoms with Gasteiger partial charge in [-0.15, -0.1) is 0 Å². The Bertz CT molecular complexity index is 4600. The maximum absolute atomic E-state index is 13.4. The molecule has 6 aromatic rings. The van der Waals surface area contributed by atoms with E-state index in [1.165, 1.54) is 42.6 Å². The van der Waals surface area contributed by atoms with Gasteiger partial charge in [-0.3, -0.25) is 32.8 Å². The Morgan fingerprint density at radius 3 is 2.07 bits per heavy atom. The van der Waals surface area contributed by atoms with Crippen molar-refractivity contribution in [3.05, 3.63) is 187 Å². The van der Waals surface area contributed by atoms with Gasteiger partial charge in [0.2, 0.25) is 5.95 Å². The van der Waals surface area contributed by atoms with Crippen LogP contribution >= 0.6 is 0 Å². The van der Waals surface area contributed by atoms with Gasteiger partial charge >= 0.3 is 5.97 Å². The molecule has 3 aliphatic rings. The molecule has 29 heteroatoms. The van der Waals surface area contributed by atoms with E-state index in [2.05, 4.69) is 30.6 Å². The highest BCUT2D eigenvalue weighted by Crippen LogP contribution is 2.51. The number of unbranched alkanes of at least 4 members (excludes halogenated alkanes) is 2. The number of ether oxygens (including phenoxy) is 1. The fraction of sp³-hybridized carbons (Fsp3) is 0.333. The lowest BCUT2D eigenvalue weighted by Gasteiger charge is -2.28. The molecule has 2 aromatic heterocycles. The molecule has 0 spiro atoms. The number of hydrogen-bond acceptors (Lipinski definition) is 18. The molecule has 0 radical (unpaired) electrons. The summed E-state index contributed by atoms with van der Waals surface area (Å²) in [6.07, 6.45) is 12.2. The van der Waals surface area contributed by atoms with Crippen LogP contribution in [0.2, 0.25) is 0 Å². The van der Waals surface area contributed by atoms with E-state index >= 15 is 0 Å². The fourth-order valence-corrected chi connectivity index (χ4v) is 13.9. The van der Waals surface area contributed by atoms with Crippen LogP contribution in [0.5, 0.6) is 5.75 Å². The lowest BCUT2D eigenvalue weighted by Crippen LogP contribution is -2.41. The SMILES string of the molecule is CC1(C)C(/C=C/C2=C(Oc3ccc(CC[C@@H](NC(=O)c4ccc(NCc5cnc6nc(N)[nH]c(=O)c6n5)cc4)C(=O)O)cc3)C(=C/C=C3/N(CCCCS(=O)(=O)O)c4ccc(S(=O)(=O)O)cc4C3(C)C)/CCC2)=C(CCCCS(=O)(=O)O)c2ccc(S(=O)(=O)O)cc21. The number of hydrogen-bond donors (Lipinski definition) is 9. The van der Waals surface area contributed by atoms with E-state index in [1.54, 1.807) is 48.5 Å². The highest BCUT2D eigenvalue weighted by atomic mass is 32.2. The number of rotatable bonds is 26. The highest BCUT2D eigenvalue weighted by molar-refractivity contribution is 7.86. The van der Waals surface area contributed by atoms with E-state index in [1.807, 2.05) is 56.9 Å². The minimum Gasteiger partial charge on any atom is -0.480 e. The van der Waals surface area contributed by atoms with Crippen molar-refractivity contribution in [1.29, 1.82) is 0 Å². The molecule has 92 heavy (non-hydrogen) atoms. The number of carbonyl (C=O) groups is 2. The summed E-state index contributed by atoms with van der Waals surface area (Å²) in [6, 6.07) is 20.7. The molecule has 0 saturated carbocycles. The highest BCUT2D eigenvalue weighted by Gasteiger charge is 2.41. The molecular weight excluding hydrogens is 1270 g/mol. The standard InChI is InChI=1S/C63H70N8O17S4/c1-62(2)49(47(12-5-7-32-89(76,77)78)48-26-24-45(34-50(48)62)91(82,83)84)27-18-39-10-9-11-40(19-30-54-63(3,4)51-35-46(92(85,86)87)25-29-53(51)71(54)31-6-8-33-90(79,80)81)56(39)88-44-22-13-38(14-23-44)15-28-52(60(74)75)68-58(72)41-16-20-42(21-17-41)65-36-43-37-66-57-55(67-43)59(73)70-61(64)69-57/h13-14,16-27,29-30,34-35,37,52,65H,5-12,15,28,31-33,36H2,1-4H3,(H,68,72)(H,74,75)(H,76,77,78)(H,79,80,81)(H,82,83,84)(H,85,86,87)(H3,64,66,69,70,73)/b27-18+,40-19+,54-30+/t52-/m1/s1. The number of H-pyrrole nitrogens is 1. The molecule has 3 heterocycles. The fourth-order valence-electron chi connectivity index (χ4n) is 11.8. The van der Waals surface area contributed by atoms with Gasteiger partial charge in [-0.25, -0.2) is 14.8 Å². The van der Waals surface area contributed by atoms with Crippen LogP contribution in [-0.4, -0.2) is 113 Å². The van der Waals surface area contributed by atoms with E-state index in [4.69, 9.17) is 10.5 Å². The number of aryl methyl sites for hydroxylation is 1. The maximum atomic E-state index is 13.4. The summed E-state index contributed by atoms with van der Waals surface area (Å²) >= 11 is 0. The maximum Gasteiger partial charge on any atom is 0.326 e. The van der Waals surface area contributed by atoms with Crippen molar-refractivity contribution in [3.63, 3.8) is 0 Å². The molecule has 0 fully saturated rings. The van der Waals surface area contributed by atoms with Crippen LogP contribution in [0.1, 0.15) is 124 Å². The molecule has 0 saturated heterocycles. The van der Waals surface area contributed by atoms with Crippen LogP contribution in [0.15, 0.2) is 158 Å². The first-order valence-corrected chi connectivity index (χ1v) is 35.4. The second kappa shape index (κ2) is 27.0. The first kappa shape index (κ1) is 68.0. The summed E-state index contributed by atoms with van der Waals surface area (Å²) in [7, 11) is -17.7. The predicted octanol–water partition coefficient (Wildman–Crippen LogP) is 8.67. The zero-order valence-corrected chi connectivity index (χ0v) is 53.8. The van der Waals surface area contributed by atoms with Crippen LogP contribution < -0.4 is 31.6 Å². The Morgan fingerprint density at radius 2 is 1.41 bits per heavy atom. The van der Waals surface area contributed by atoms with E-state index in [9.17, 15) is 71.4 Å². The van der Waals surface area contributed by atoms with Crippen LogP contribution in [0.25, 0.3) is 16.7 Å². The number of nitrogens with two attached hydrogens (primary N) is 1. The number of fused-ring (bicyclic) bond motifs is 3. The second-order valence-corrected chi connectivity index (χ2v) is 29.7. The molecule has 1 amide bonds. The lowest BCUT2D eigenvalue weighted by molar-refractivity contribution is -0.139. The Labute approximate surface area is 532 Å². The van der Waals surface area contributed by atoms with E-state index in [0.717, 1.165) is 27.9 Å².